The van der Waals surface area contributed by atoms with Gasteiger partial charge in [0.1, 0.15) is 22.9 Å². The molecule has 0 aliphatic carbocycles. The number of hydrogen-bond donors (Lipinski definition) is 1. The molecule has 0 fully saturated rings. The maximum absolute atomic E-state index is 13.6. The summed E-state index contributed by atoms with van der Waals surface area (Å²) in [5, 5.41) is 9.06. The zero-order valence-electron chi connectivity index (χ0n) is 12.1. The van der Waals surface area contributed by atoms with Crippen molar-refractivity contribution in [3.63, 3.8) is 0 Å². The van der Waals surface area contributed by atoms with Crippen molar-refractivity contribution in [3.05, 3.63) is 65.2 Å². The van der Waals surface area contributed by atoms with Gasteiger partial charge in [-0.05, 0) is 25.3 Å². The van der Waals surface area contributed by atoms with Crippen LogP contribution >= 0.6 is 0 Å². The summed E-state index contributed by atoms with van der Waals surface area (Å²) in [7, 11) is 0. The van der Waals surface area contributed by atoms with Crippen LogP contribution in [0.25, 0.3) is 0 Å². The van der Waals surface area contributed by atoms with E-state index in [1.165, 1.54) is 0 Å². The first-order valence-corrected chi connectivity index (χ1v) is 6.90. The highest BCUT2D eigenvalue weighted by molar-refractivity contribution is 5.90. The van der Waals surface area contributed by atoms with Gasteiger partial charge in [0, 0.05) is 12.1 Å². The van der Waals surface area contributed by atoms with Gasteiger partial charge in [-0.1, -0.05) is 30.3 Å². The molecule has 0 aliphatic rings. The molecule has 0 spiro atoms. The van der Waals surface area contributed by atoms with Crippen LogP contribution in [0.5, 0.6) is 5.75 Å². The number of carbonyl (C=O) groups excluding carboxylic acids is 1. The molecule has 0 aromatic heterocycles. The van der Waals surface area contributed by atoms with Crippen LogP contribution in [0.3, 0.4) is 0 Å². The predicted molar refractivity (Wildman–Crippen MR) is 77.7 cm³/mol. The average Bonchev–Trinajstić information content (AvgIpc) is 2.45. The number of phenolic OH excluding ortho intramolecular Hbond substituents is 1. The van der Waals surface area contributed by atoms with Gasteiger partial charge < -0.3 is 9.84 Å². The monoisotopic (exact) mass is 306 g/mol. The number of phenols is 1. The molecule has 2 aromatic carbocycles. The minimum Gasteiger partial charge on any atom is -0.508 e. The van der Waals surface area contributed by atoms with Gasteiger partial charge in [-0.2, -0.15) is 0 Å². The summed E-state index contributed by atoms with van der Waals surface area (Å²) in [6.07, 6.45) is 0.743. The van der Waals surface area contributed by atoms with Crippen LogP contribution in [0.2, 0.25) is 0 Å². The second-order valence-electron chi connectivity index (χ2n) is 5.02. The third kappa shape index (κ3) is 4.04. The molecular weight excluding hydrogens is 290 g/mol. The SMILES string of the molecule is CC(CCc1ccccc1)OC(=O)c1c(F)cc(O)cc1F. The van der Waals surface area contributed by atoms with Crippen LogP contribution in [0.4, 0.5) is 8.78 Å². The lowest BCUT2D eigenvalue weighted by atomic mass is 10.1. The average molecular weight is 306 g/mol. The van der Waals surface area contributed by atoms with Gasteiger partial charge in [0.25, 0.3) is 0 Å². The van der Waals surface area contributed by atoms with E-state index >= 15 is 0 Å². The summed E-state index contributed by atoms with van der Waals surface area (Å²) < 4.78 is 32.2. The molecule has 5 heteroatoms. The summed E-state index contributed by atoms with van der Waals surface area (Å²) in [5.74, 6) is -3.94. The van der Waals surface area contributed by atoms with E-state index in [-0.39, 0.29) is 0 Å². The molecule has 0 heterocycles. The fourth-order valence-electron chi connectivity index (χ4n) is 2.07. The minimum absolute atomic E-state index is 0.486. The van der Waals surface area contributed by atoms with Gasteiger partial charge in [0.15, 0.2) is 0 Å². The van der Waals surface area contributed by atoms with E-state index in [0.29, 0.717) is 25.0 Å². The van der Waals surface area contributed by atoms with E-state index < -0.39 is 35.0 Å². The predicted octanol–water partition coefficient (Wildman–Crippen LogP) is 3.85. The summed E-state index contributed by atoms with van der Waals surface area (Å²) in [6, 6.07) is 11.0. The third-order valence-electron chi connectivity index (χ3n) is 3.22. The van der Waals surface area contributed by atoms with E-state index in [4.69, 9.17) is 9.84 Å². The van der Waals surface area contributed by atoms with E-state index in [0.717, 1.165) is 5.56 Å². The number of aromatic hydroxyl groups is 1. The van der Waals surface area contributed by atoms with Crippen molar-refractivity contribution in [1.29, 1.82) is 0 Å². The van der Waals surface area contributed by atoms with Crippen molar-refractivity contribution in [2.24, 2.45) is 0 Å². The highest BCUT2D eigenvalue weighted by atomic mass is 19.1. The lowest BCUT2D eigenvalue weighted by Gasteiger charge is -2.14. The molecule has 0 saturated carbocycles. The van der Waals surface area contributed by atoms with Crippen LogP contribution < -0.4 is 0 Å². The Morgan fingerprint density at radius 2 is 1.77 bits per heavy atom. The van der Waals surface area contributed by atoms with Crippen molar-refractivity contribution in [2.75, 3.05) is 0 Å². The Hall–Kier alpha value is -2.43. The maximum Gasteiger partial charge on any atom is 0.344 e. The number of esters is 1. The Bertz CT molecular complexity index is 633. The third-order valence-corrected chi connectivity index (χ3v) is 3.22. The highest BCUT2D eigenvalue weighted by Gasteiger charge is 2.22. The molecular formula is C17H16F2O3. The van der Waals surface area contributed by atoms with Crippen molar-refractivity contribution < 1.29 is 23.4 Å². The van der Waals surface area contributed by atoms with Crippen molar-refractivity contribution in [2.45, 2.75) is 25.9 Å². The highest BCUT2D eigenvalue weighted by Crippen LogP contribution is 2.21. The van der Waals surface area contributed by atoms with Crippen molar-refractivity contribution in [3.8, 4) is 5.75 Å². The first kappa shape index (κ1) is 15.9. The zero-order chi connectivity index (χ0) is 16.1. The quantitative estimate of drug-likeness (QED) is 0.854. The largest absolute Gasteiger partial charge is 0.508 e. The van der Waals surface area contributed by atoms with Crippen LogP contribution in [-0.4, -0.2) is 17.2 Å². The number of rotatable bonds is 5. The molecule has 1 unspecified atom stereocenters. The molecule has 0 radical (unpaired) electrons. The Morgan fingerprint density at radius 3 is 2.36 bits per heavy atom. The van der Waals surface area contributed by atoms with Gasteiger partial charge in [-0.25, -0.2) is 13.6 Å². The molecule has 0 aliphatic heterocycles. The summed E-state index contributed by atoms with van der Waals surface area (Å²) in [6.45, 7) is 1.66. The van der Waals surface area contributed by atoms with Gasteiger partial charge in [0.2, 0.25) is 0 Å². The molecule has 1 atom stereocenters. The van der Waals surface area contributed by atoms with E-state index in [1.54, 1.807) is 6.92 Å². The molecule has 2 aromatic rings. The molecule has 0 amide bonds. The van der Waals surface area contributed by atoms with Gasteiger partial charge in [0.05, 0.1) is 6.10 Å². The Kier molecular flexibility index (Phi) is 5.09. The molecule has 116 valence electrons. The van der Waals surface area contributed by atoms with Gasteiger partial charge in [-0.3, -0.25) is 0 Å². The smallest absolute Gasteiger partial charge is 0.344 e. The molecule has 0 bridgehead atoms. The van der Waals surface area contributed by atoms with Crippen LogP contribution in [-0.2, 0) is 11.2 Å². The summed E-state index contributed by atoms with van der Waals surface area (Å²) >= 11 is 0. The lowest BCUT2D eigenvalue weighted by molar-refractivity contribution is 0.0314. The second kappa shape index (κ2) is 7.02. The van der Waals surface area contributed by atoms with E-state index in [9.17, 15) is 13.6 Å². The molecule has 22 heavy (non-hydrogen) atoms. The second-order valence-corrected chi connectivity index (χ2v) is 5.02. The molecule has 0 saturated heterocycles. The minimum atomic E-state index is -1.14. The Morgan fingerprint density at radius 1 is 1.18 bits per heavy atom. The standard InChI is InChI=1S/C17H16F2O3/c1-11(7-8-12-5-3-2-4-6-12)22-17(21)16-14(18)9-13(20)10-15(16)19/h2-6,9-11,20H,7-8H2,1H3. The first-order valence-electron chi connectivity index (χ1n) is 6.90. The zero-order valence-corrected chi connectivity index (χ0v) is 12.1. The van der Waals surface area contributed by atoms with Crippen molar-refractivity contribution >= 4 is 5.97 Å². The van der Waals surface area contributed by atoms with E-state index in [2.05, 4.69) is 0 Å². The maximum atomic E-state index is 13.6. The number of carbonyl (C=O) groups is 1. The summed E-state index contributed by atoms with van der Waals surface area (Å²) in [5.41, 5.74) is 0.303. The Labute approximate surface area is 127 Å². The van der Waals surface area contributed by atoms with Crippen LogP contribution in [0.1, 0.15) is 29.3 Å². The molecule has 2 rings (SSSR count). The van der Waals surface area contributed by atoms with Gasteiger partial charge >= 0.3 is 5.97 Å². The van der Waals surface area contributed by atoms with E-state index in [1.807, 2.05) is 30.3 Å². The number of aryl methyl sites for hydroxylation is 1. The number of hydrogen-bond acceptors (Lipinski definition) is 3. The number of halogens is 2. The molecule has 3 nitrogen and oxygen atoms in total. The van der Waals surface area contributed by atoms with Gasteiger partial charge in [-0.15, -0.1) is 0 Å². The summed E-state index contributed by atoms with van der Waals surface area (Å²) in [4.78, 5) is 11.8. The van der Waals surface area contributed by atoms with Crippen LogP contribution in [0.15, 0.2) is 42.5 Å². The van der Waals surface area contributed by atoms with Crippen LogP contribution in [0, 0.1) is 11.6 Å². The van der Waals surface area contributed by atoms with Crippen molar-refractivity contribution in [1.82, 2.24) is 0 Å². The molecule has 1 N–H and O–H groups in total. The lowest BCUT2D eigenvalue weighted by Crippen LogP contribution is -2.18. The number of benzene rings is 2. The normalized spacial score (nSPS) is 12.0. The number of ether oxygens (including phenoxy) is 1. The topological polar surface area (TPSA) is 46.5 Å². The Balaban J connectivity index is 1.97. The fraction of sp³-hybridized carbons (Fsp3) is 0.235. The fourth-order valence-corrected chi connectivity index (χ4v) is 2.07. The first-order chi connectivity index (χ1) is 10.5.